The quantitative estimate of drug-likeness (QED) is 0.639. The number of amides is 1. The molecule has 29 heavy (non-hydrogen) atoms. The van der Waals surface area contributed by atoms with E-state index in [1.165, 1.54) is 0 Å². The van der Waals surface area contributed by atoms with Crippen LogP contribution in [0.25, 0.3) is 10.8 Å². The summed E-state index contributed by atoms with van der Waals surface area (Å²) in [5.74, 6) is -0.00368. The SMILES string of the molecule is CC(C)c1ccc(N(CC(=O)NCc2cccc3ccccc23)S(C)(=O)=O)cc1. The Kier molecular flexibility index (Phi) is 6.23. The first kappa shape index (κ1) is 20.9. The van der Waals surface area contributed by atoms with Gasteiger partial charge in [-0.25, -0.2) is 8.42 Å². The van der Waals surface area contributed by atoms with Gasteiger partial charge in [-0.3, -0.25) is 9.10 Å². The van der Waals surface area contributed by atoms with Crippen LogP contribution in [0.4, 0.5) is 5.69 Å². The molecule has 0 unspecified atom stereocenters. The molecule has 1 amide bonds. The molecule has 0 aliphatic rings. The average Bonchev–Trinajstić information content (AvgIpc) is 2.69. The largest absolute Gasteiger partial charge is 0.350 e. The van der Waals surface area contributed by atoms with Gasteiger partial charge in [0.25, 0.3) is 0 Å². The normalized spacial score (nSPS) is 11.6. The van der Waals surface area contributed by atoms with Crippen LogP contribution in [0.1, 0.15) is 30.9 Å². The van der Waals surface area contributed by atoms with Gasteiger partial charge in [-0.05, 0) is 39.9 Å². The Morgan fingerprint density at radius 2 is 1.62 bits per heavy atom. The van der Waals surface area contributed by atoms with E-state index in [1.54, 1.807) is 12.1 Å². The monoisotopic (exact) mass is 410 g/mol. The maximum atomic E-state index is 12.5. The molecule has 1 N–H and O–H groups in total. The van der Waals surface area contributed by atoms with Gasteiger partial charge in [-0.15, -0.1) is 0 Å². The van der Waals surface area contributed by atoms with Crippen LogP contribution in [0.5, 0.6) is 0 Å². The van der Waals surface area contributed by atoms with Crippen molar-refractivity contribution in [3.63, 3.8) is 0 Å². The number of hydrogen-bond acceptors (Lipinski definition) is 3. The molecule has 3 rings (SSSR count). The minimum atomic E-state index is -3.59. The summed E-state index contributed by atoms with van der Waals surface area (Å²) in [7, 11) is -3.59. The van der Waals surface area contributed by atoms with Crippen LogP contribution >= 0.6 is 0 Å². The van der Waals surface area contributed by atoms with Gasteiger partial charge in [-0.1, -0.05) is 68.4 Å². The number of carbonyl (C=O) groups is 1. The Hall–Kier alpha value is -2.86. The van der Waals surface area contributed by atoms with Crippen molar-refractivity contribution in [1.82, 2.24) is 5.32 Å². The van der Waals surface area contributed by atoms with Crippen LogP contribution < -0.4 is 9.62 Å². The van der Waals surface area contributed by atoms with Gasteiger partial charge in [0.05, 0.1) is 11.9 Å². The number of nitrogens with zero attached hydrogens (tertiary/aromatic N) is 1. The van der Waals surface area contributed by atoms with E-state index in [2.05, 4.69) is 19.2 Å². The van der Waals surface area contributed by atoms with Crippen molar-refractivity contribution in [1.29, 1.82) is 0 Å². The number of carbonyl (C=O) groups excluding carboxylic acids is 1. The summed E-state index contributed by atoms with van der Waals surface area (Å²) < 4.78 is 25.7. The molecule has 5 nitrogen and oxygen atoms in total. The Morgan fingerprint density at radius 3 is 2.28 bits per heavy atom. The predicted molar refractivity (Wildman–Crippen MR) is 119 cm³/mol. The van der Waals surface area contributed by atoms with Crippen LogP contribution in [0, 0.1) is 0 Å². The lowest BCUT2D eigenvalue weighted by Gasteiger charge is -2.22. The average molecular weight is 411 g/mol. The second-order valence-electron chi connectivity index (χ2n) is 7.43. The first-order valence-corrected chi connectivity index (χ1v) is 11.4. The maximum absolute atomic E-state index is 12.5. The molecule has 0 fully saturated rings. The molecule has 0 aliphatic heterocycles. The zero-order chi connectivity index (χ0) is 21.0. The van der Waals surface area contributed by atoms with Gasteiger partial charge in [0.15, 0.2) is 0 Å². The summed E-state index contributed by atoms with van der Waals surface area (Å²) >= 11 is 0. The molecule has 0 spiro atoms. The number of sulfonamides is 1. The molecular weight excluding hydrogens is 384 g/mol. The molecule has 0 aromatic heterocycles. The van der Waals surface area contributed by atoms with E-state index in [9.17, 15) is 13.2 Å². The summed E-state index contributed by atoms with van der Waals surface area (Å²) in [5.41, 5.74) is 2.59. The van der Waals surface area contributed by atoms with E-state index in [1.807, 2.05) is 54.6 Å². The Bertz CT molecular complexity index is 1100. The minimum Gasteiger partial charge on any atom is -0.350 e. The van der Waals surface area contributed by atoms with Crippen molar-refractivity contribution >= 4 is 32.4 Å². The molecule has 3 aromatic rings. The molecule has 0 atom stereocenters. The van der Waals surface area contributed by atoms with Gasteiger partial charge in [0.1, 0.15) is 6.54 Å². The first-order valence-electron chi connectivity index (χ1n) is 9.56. The Balaban J connectivity index is 1.73. The van der Waals surface area contributed by atoms with Crippen molar-refractivity contribution in [2.45, 2.75) is 26.3 Å². The lowest BCUT2D eigenvalue weighted by atomic mass is 10.0. The molecule has 0 heterocycles. The van der Waals surface area contributed by atoms with Gasteiger partial charge in [0, 0.05) is 6.54 Å². The second kappa shape index (κ2) is 8.66. The Morgan fingerprint density at radius 1 is 0.966 bits per heavy atom. The summed E-state index contributed by atoms with van der Waals surface area (Å²) in [6.07, 6.45) is 1.11. The highest BCUT2D eigenvalue weighted by Crippen LogP contribution is 2.22. The highest BCUT2D eigenvalue weighted by Gasteiger charge is 2.21. The molecule has 0 aliphatic carbocycles. The number of benzene rings is 3. The van der Waals surface area contributed by atoms with Crippen LogP contribution in [-0.4, -0.2) is 27.1 Å². The van der Waals surface area contributed by atoms with Crippen molar-refractivity contribution in [2.75, 3.05) is 17.1 Å². The zero-order valence-electron chi connectivity index (χ0n) is 16.9. The number of fused-ring (bicyclic) bond motifs is 1. The van der Waals surface area contributed by atoms with E-state index >= 15 is 0 Å². The van der Waals surface area contributed by atoms with Crippen LogP contribution in [-0.2, 0) is 21.4 Å². The topological polar surface area (TPSA) is 66.5 Å². The molecule has 0 saturated carbocycles. The van der Waals surface area contributed by atoms with Gasteiger partial charge >= 0.3 is 0 Å². The smallest absolute Gasteiger partial charge is 0.241 e. The number of nitrogens with one attached hydrogen (secondary N) is 1. The highest BCUT2D eigenvalue weighted by atomic mass is 32.2. The molecule has 0 saturated heterocycles. The Labute approximate surface area is 172 Å². The molecular formula is C23H26N2O3S. The predicted octanol–water partition coefficient (Wildman–Crippen LogP) is 4.05. The van der Waals surface area contributed by atoms with Crippen LogP contribution in [0.15, 0.2) is 66.7 Å². The van der Waals surface area contributed by atoms with Crippen LogP contribution in [0.3, 0.4) is 0 Å². The maximum Gasteiger partial charge on any atom is 0.241 e. The first-order chi connectivity index (χ1) is 13.8. The third kappa shape index (κ3) is 5.15. The molecule has 152 valence electrons. The molecule has 0 bridgehead atoms. The lowest BCUT2D eigenvalue weighted by molar-refractivity contribution is -0.119. The fraction of sp³-hybridized carbons (Fsp3) is 0.261. The summed E-state index contributed by atoms with van der Waals surface area (Å²) in [5, 5.41) is 5.02. The molecule has 0 radical (unpaired) electrons. The van der Waals surface area contributed by atoms with Crippen molar-refractivity contribution < 1.29 is 13.2 Å². The second-order valence-corrected chi connectivity index (χ2v) is 9.34. The van der Waals surface area contributed by atoms with Crippen LogP contribution in [0.2, 0.25) is 0 Å². The van der Waals surface area contributed by atoms with E-state index in [4.69, 9.17) is 0 Å². The molecule has 3 aromatic carbocycles. The van der Waals surface area contributed by atoms with Crippen molar-refractivity contribution in [3.8, 4) is 0 Å². The third-order valence-corrected chi connectivity index (χ3v) is 6.03. The standard InChI is InChI=1S/C23H26N2O3S/c1-17(2)18-11-13-21(14-12-18)25(29(3,27)28)16-23(26)24-15-20-9-6-8-19-7-4-5-10-22(19)20/h4-14,17H,15-16H2,1-3H3,(H,24,26). The summed E-state index contributed by atoms with van der Waals surface area (Å²) in [6, 6.07) is 21.2. The summed E-state index contributed by atoms with van der Waals surface area (Å²) in [4.78, 5) is 12.5. The van der Waals surface area contributed by atoms with E-state index in [0.29, 0.717) is 18.2 Å². The van der Waals surface area contributed by atoms with Crippen molar-refractivity contribution in [3.05, 3.63) is 77.9 Å². The number of anilines is 1. The number of rotatable bonds is 7. The fourth-order valence-electron chi connectivity index (χ4n) is 3.25. The van der Waals surface area contributed by atoms with Crippen molar-refractivity contribution in [2.24, 2.45) is 0 Å². The van der Waals surface area contributed by atoms with E-state index in [0.717, 1.165) is 32.5 Å². The van der Waals surface area contributed by atoms with E-state index in [-0.39, 0.29) is 12.5 Å². The third-order valence-electron chi connectivity index (χ3n) is 4.89. The lowest BCUT2D eigenvalue weighted by Crippen LogP contribution is -2.40. The minimum absolute atomic E-state index is 0.259. The highest BCUT2D eigenvalue weighted by molar-refractivity contribution is 7.92. The van der Waals surface area contributed by atoms with Gasteiger partial charge < -0.3 is 5.32 Å². The van der Waals surface area contributed by atoms with Gasteiger partial charge in [0.2, 0.25) is 15.9 Å². The number of hydrogen-bond donors (Lipinski definition) is 1. The molecule has 6 heteroatoms. The van der Waals surface area contributed by atoms with E-state index < -0.39 is 10.0 Å². The summed E-state index contributed by atoms with van der Waals surface area (Å²) in [6.45, 7) is 4.23. The fourth-order valence-corrected chi connectivity index (χ4v) is 4.11. The zero-order valence-corrected chi connectivity index (χ0v) is 17.7. The van der Waals surface area contributed by atoms with Gasteiger partial charge in [-0.2, -0.15) is 0 Å².